The van der Waals surface area contributed by atoms with Gasteiger partial charge in [-0.2, -0.15) is 5.10 Å². The van der Waals surface area contributed by atoms with E-state index in [0.717, 1.165) is 29.0 Å². The Labute approximate surface area is 179 Å². The highest BCUT2D eigenvalue weighted by molar-refractivity contribution is 14.0. The first-order valence-electron chi connectivity index (χ1n) is 8.56. The van der Waals surface area contributed by atoms with Crippen molar-refractivity contribution in [1.29, 1.82) is 0 Å². The maximum Gasteiger partial charge on any atom is 0.216 e. The molecule has 10 heteroatoms. The van der Waals surface area contributed by atoms with E-state index in [2.05, 4.69) is 35.8 Å². The molecule has 3 heterocycles. The molecule has 0 amide bonds. The largest absolute Gasteiger partial charge is 0.461 e. The number of aromatic amines is 1. The molecule has 0 unspecified atom stereocenters. The van der Waals surface area contributed by atoms with Gasteiger partial charge in [-0.1, -0.05) is 0 Å². The maximum absolute atomic E-state index is 5.30. The summed E-state index contributed by atoms with van der Waals surface area (Å²) in [6, 6.07) is 3.66. The normalized spacial score (nSPS) is 11.3. The van der Waals surface area contributed by atoms with E-state index in [1.807, 2.05) is 32.9 Å². The average Bonchev–Trinajstić information content (AvgIpc) is 3.34. The number of hydrogen-bond acceptors (Lipinski definition) is 6. The summed E-state index contributed by atoms with van der Waals surface area (Å²) >= 11 is 1.69. The minimum Gasteiger partial charge on any atom is -0.461 e. The lowest BCUT2D eigenvalue weighted by atomic mass is 10.4. The van der Waals surface area contributed by atoms with Crippen LogP contribution in [0.25, 0.3) is 11.6 Å². The van der Waals surface area contributed by atoms with E-state index in [9.17, 15) is 0 Å². The lowest BCUT2D eigenvalue weighted by Crippen LogP contribution is -2.38. The second-order valence-corrected chi connectivity index (χ2v) is 6.98. The first-order chi connectivity index (χ1) is 12.7. The number of hydrogen-bond donors (Lipinski definition) is 3. The van der Waals surface area contributed by atoms with Crippen LogP contribution < -0.4 is 10.6 Å². The summed E-state index contributed by atoms with van der Waals surface area (Å²) in [5.41, 5.74) is 1.05. The van der Waals surface area contributed by atoms with Gasteiger partial charge in [0.15, 0.2) is 11.7 Å². The Morgan fingerprint density at radius 2 is 2.15 bits per heavy atom. The Kier molecular flexibility index (Phi) is 8.23. The number of nitrogens with one attached hydrogen (secondary N) is 3. The van der Waals surface area contributed by atoms with E-state index in [1.165, 1.54) is 4.88 Å². The molecular formula is C17H24IN7OS. The van der Waals surface area contributed by atoms with Crippen LogP contribution in [-0.4, -0.2) is 39.2 Å². The van der Waals surface area contributed by atoms with E-state index < -0.39 is 0 Å². The molecule has 0 aromatic carbocycles. The molecule has 0 spiro atoms. The Balaban J connectivity index is 0.00000261. The van der Waals surface area contributed by atoms with E-state index in [0.29, 0.717) is 31.1 Å². The second kappa shape index (κ2) is 10.4. The molecule has 0 aliphatic heterocycles. The Bertz CT molecular complexity index is 857. The average molecular weight is 501 g/mol. The number of aryl methyl sites for hydroxylation is 2. The van der Waals surface area contributed by atoms with Crippen molar-refractivity contribution in [1.82, 2.24) is 30.8 Å². The van der Waals surface area contributed by atoms with Gasteiger partial charge in [-0.05, 0) is 32.9 Å². The summed E-state index contributed by atoms with van der Waals surface area (Å²) in [5.74, 6) is 2.81. The fraction of sp³-hybridized carbons (Fsp3) is 0.412. The number of H-pyrrole nitrogens is 1. The zero-order chi connectivity index (χ0) is 18.4. The molecule has 0 fully saturated rings. The predicted octanol–water partition coefficient (Wildman–Crippen LogP) is 3.05. The van der Waals surface area contributed by atoms with E-state index >= 15 is 0 Å². The highest BCUT2D eigenvalue weighted by atomic mass is 127. The number of guanidine groups is 1. The highest BCUT2D eigenvalue weighted by Crippen LogP contribution is 2.17. The Hall–Kier alpha value is -1.95. The van der Waals surface area contributed by atoms with Crippen molar-refractivity contribution in [3.8, 4) is 11.6 Å². The van der Waals surface area contributed by atoms with E-state index in [1.54, 1.807) is 17.6 Å². The minimum atomic E-state index is 0. The highest BCUT2D eigenvalue weighted by Gasteiger charge is 2.08. The fourth-order valence-electron chi connectivity index (χ4n) is 2.44. The third-order valence-corrected chi connectivity index (χ3v) is 4.71. The van der Waals surface area contributed by atoms with Crippen LogP contribution in [0, 0.1) is 13.8 Å². The van der Waals surface area contributed by atoms with Crippen LogP contribution in [0.5, 0.6) is 0 Å². The van der Waals surface area contributed by atoms with Crippen molar-refractivity contribution in [3.05, 3.63) is 39.8 Å². The zero-order valence-corrected chi connectivity index (χ0v) is 18.7. The summed E-state index contributed by atoms with van der Waals surface area (Å²) in [5, 5.41) is 14.8. The van der Waals surface area contributed by atoms with Gasteiger partial charge in [0.1, 0.15) is 5.82 Å². The maximum atomic E-state index is 5.30. The van der Waals surface area contributed by atoms with Gasteiger partial charge in [0.25, 0.3) is 0 Å². The van der Waals surface area contributed by atoms with Crippen molar-refractivity contribution in [2.75, 3.05) is 13.1 Å². The van der Waals surface area contributed by atoms with E-state index in [-0.39, 0.29) is 24.0 Å². The molecule has 3 rings (SSSR count). The smallest absolute Gasteiger partial charge is 0.216 e. The monoisotopic (exact) mass is 501 g/mol. The molecule has 3 aromatic heterocycles. The minimum absolute atomic E-state index is 0. The third kappa shape index (κ3) is 6.03. The molecule has 0 atom stereocenters. The van der Waals surface area contributed by atoms with Gasteiger partial charge < -0.3 is 15.1 Å². The Morgan fingerprint density at radius 3 is 2.81 bits per heavy atom. The summed E-state index contributed by atoms with van der Waals surface area (Å²) in [7, 11) is 0. The van der Waals surface area contributed by atoms with Gasteiger partial charge >= 0.3 is 0 Å². The van der Waals surface area contributed by atoms with Crippen LogP contribution in [-0.2, 0) is 13.0 Å². The van der Waals surface area contributed by atoms with Crippen molar-refractivity contribution in [3.63, 3.8) is 0 Å². The lowest BCUT2D eigenvalue weighted by molar-refractivity contribution is 0.577. The number of aromatic nitrogens is 4. The molecule has 0 saturated heterocycles. The quantitative estimate of drug-likeness (QED) is 0.261. The molecule has 8 nitrogen and oxygen atoms in total. The number of halogens is 1. The molecular weight excluding hydrogens is 477 g/mol. The number of nitrogens with zero attached hydrogens (tertiary/aromatic N) is 4. The van der Waals surface area contributed by atoms with Gasteiger partial charge in [-0.3, -0.25) is 5.10 Å². The SMILES string of the molecule is CCNC(=NCc1sc(C)nc1C)NCCc1nc(-c2ccco2)n[nH]1.I. The van der Waals surface area contributed by atoms with Crippen LogP contribution in [0.3, 0.4) is 0 Å². The molecule has 3 aromatic rings. The zero-order valence-electron chi connectivity index (χ0n) is 15.6. The second-order valence-electron chi connectivity index (χ2n) is 5.70. The van der Waals surface area contributed by atoms with Gasteiger partial charge in [-0.25, -0.2) is 15.0 Å². The standard InChI is InChI=1S/C17H23N7OS.HI/c1-4-18-17(20-10-14-11(2)21-12(3)26-14)19-8-7-15-22-16(24-23-15)13-6-5-9-25-13;/h5-6,9H,4,7-8,10H2,1-3H3,(H2,18,19,20)(H,22,23,24);1H. The van der Waals surface area contributed by atoms with Gasteiger partial charge in [-0.15, -0.1) is 35.3 Å². The molecule has 0 saturated carbocycles. The Morgan fingerprint density at radius 1 is 1.30 bits per heavy atom. The van der Waals surface area contributed by atoms with Crippen LogP contribution in [0.15, 0.2) is 27.8 Å². The summed E-state index contributed by atoms with van der Waals surface area (Å²) in [6.45, 7) is 8.21. The molecule has 0 radical (unpaired) electrons. The topological polar surface area (TPSA) is 104 Å². The van der Waals surface area contributed by atoms with Crippen molar-refractivity contribution in [2.45, 2.75) is 33.7 Å². The third-order valence-electron chi connectivity index (χ3n) is 3.65. The van der Waals surface area contributed by atoms with Crippen LogP contribution in [0.2, 0.25) is 0 Å². The summed E-state index contributed by atoms with van der Waals surface area (Å²) in [6.07, 6.45) is 2.31. The van der Waals surface area contributed by atoms with Crippen molar-refractivity contribution >= 4 is 41.3 Å². The molecule has 146 valence electrons. The molecule has 3 N–H and O–H groups in total. The number of rotatable bonds is 7. The van der Waals surface area contributed by atoms with Crippen LogP contribution in [0.4, 0.5) is 0 Å². The van der Waals surface area contributed by atoms with Gasteiger partial charge in [0.2, 0.25) is 5.82 Å². The molecule has 0 aliphatic carbocycles. The van der Waals surface area contributed by atoms with E-state index in [4.69, 9.17) is 4.42 Å². The molecule has 0 aliphatic rings. The van der Waals surface area contributed by atoms with Crippen LogP contribution in [0.1, 0.15) is 28.3 Å². The number of furan rings is 1. The summed E-state index contributed by atoms with van der Waals surface area (Å²) < 4.78 is 5.30. The van der Waals surface area contributed by atoms with Gasteiger partial charge in [0, 0.05) is 24.4 Å². The molecule has 27 heavy (non-hydrogen) atoms. The van der Waals surface area contributed by atoms with Crippen LogP contribution >= 0.6 is 35.3 Å². The molecule has 0 bridgehead atoms. The number of thiazole rings is 1. The number of aliphatic imine (C=N–C) groups is 1. The first kappa shape index (κ1) is 21.4. The van der Waals surface area contributed by atoms with Gasteiger partial charge in [0.05, 0.1) is 23.5 Å². The fourth-order valence-corrected chi connectivity index (χ4v) is 3.30. The summed E-state index contributed by atoms with van der Waals surface area (Å²) in [4.78, 5) is 14.7. The first-order valence-corrected chi connectivity index (χ1v) is 9.37. The predicted molar refractivity (Wildman–Crippen MR) is 118 cm³/mol. The van der Waals surface area contributed by atoms with Crippen molar-refractivity contribution in [2.24, 2.45) is 4.99 Å². The van der Waals surface area contributed by atoms with Crippen molar-refractivity contribution < 1.29 is 4.42 Å². The lowest BCUT2D eigenvalue weighted by Gasteiger charge is -2.10.